The monoisotopic (exact) mass is 325 g/mol. The van der Waals surface area contributed by atoms with Gasteiger partial charge in [-0.2, -0.15) is 0 Å². The normalized spacial score (nSPS) is 14.3. The molecule has 0 radical (unpaired) electrons. The molecule has 1 aromatic carbocycles. The molecule has 1 saturated heterocycles. The molecule has 0 unspecified atom stereocenters. The van der Waals surface area contributed by atoms with E-state index >= 15 is 0 Å². The van der Waals surface area contributed by atoms with Gasteiger partial charge in [-0.25, -0.2) is 0 Å². The molecule has 1 amide bonds. The number of aromatic nitrogens is 1. The maximum Gasteiger partial charge on any atom is 0.272 e. The van der Waals surface area contributed by atoms with Crippen LogP contribution in [0.3, 0.4) is 0 Å². The molecule has 1 aliphatic heterocycles. The first-order valence-electron chi connectivity index (χ1n) is 8.38. The minimum atomic E-state index is 0.0304. The molecular formula is C19H23N3O2. The Hall–Kier alpha value is -2.56. The van der Waals surface area contributed by atoms with Gasteiger partial charge < -0.3 is 15.0 Å². The summed E-state index contributed by atoms with van der Waals surface area (Å²) in [5, 5.41) is 3.35. The third-order valence-corrected chi connectivity index (χ3v) is 4.28. The van der Waals surface area contributed by atoms with Gasteiger partial charge >= 0.3 is 0 Å². The summed E-state index contributed by atoms with van der Waals surface area (Å²) in [7, 11) is 1.66. The molecule has 2 aromatic rings. The summed E-state index contributed by atoms with van der Waals surface area (Å²) in [4.78, 5) is 18.7. The Balaban J connectivity index is 1.62. The Morgan fingerprint density at radius 2 is 1.92 bits per heavy atom. The zero-order valence-corrected chi connectivity index (χ0v) is 14.0. The van der Waals surface area contributed by atoms with Crippen LogP contribution >= 0.6 is 0 Å². The third kappa shape index (κ3) is 4.04. The van der Waals surface area contributed by atoms with Crippen LogP contribution in [0.1, 0.15) is 35.3 Å². The number of amides is 1. The third-order valence-electron chi connectivity index (χ3n) is 4.28. The van der Waals surface area contributed by atoms with Gasteiger partial charge in [-0.05, 0) is 49.1 Å². The molecule has 0 bridgehead atoms. The molecule has 1 aliphatic rings. The van der Waals surface area contributed by atoms with E-state index in [0.717, 1.165) is 42.9 Å². The van der Waals surface area contributed by atoms with Gasteiger partial charge in [0.15, 0.2) is 0 Å². The largest absolute Gasteiger partial charge is 0.497 e. The fraction of sp³-hybridized carbons (Fsp3) is 0.368. The topological polar surface area (TPSA) is 54.5 Å². The van der Waals surface area contributed by atoms with Gasteiger partial charge in [0.2, 0.25) is 0 Å². The first kappa shape index (κ1) is 16.3. The van der Waals surface area contributed by atoms with E-state index in [0.29, 0.717) is 12.2 Å². The molecule has 0 spiro atoms. The first-order chi connectivity index (χ1) is 11.8. The van der Waals surface area contributed by atoms with Crippen LogP contribution in [0.15, 0.2) is 42.6 Å². The lowest BCUT2D eigenvalue weighted by atomic mass is 10.1. The summed E-state index contributed by atoms with van der Waals surface area (Å²) in [6, 6.07) is 11.6. The molecule has 1 aromatic heterocycles. The number of likely N-dealkylation sites (tertiary alicyclic amines) is 1. The molecule has 5 nitrogen and oxygen atoms in total. The van der Waals surface area contributed by atoms with Crippen LogP contribution in [0.4, 0.5) is 5.69 Å². The number of carbonyl (C=O) groups excluding carboxylic acids is 1. The number of hydrogen-bond donors (Lipinski definition) is 1. The van der Waals surface area contributed by atoms with Gasteiger partial charge in [0.25, 0.3) is 5.91 Å². The summed E-state index contributed by atoms with van der Waals surface area (Å²) < 4.78 is 5.16. The van der Waals surface area contributed by atoms with Crippen LogP contribution in [0.5, 0.6) is 5.75 Å². The highest BCUT2D eigenvalue weighted by Crippen LogP contribution is 2.16. The van der Waals surface area contributed by atoms with E-state index in [-0.39, 0.29) is 5.91 Å². The number of ether oxygens (including phenoxy) is 1. The molecule has 0 saturated carbocycles. The number of methoxy groups -OCH3 is 1. The van der Waals surface area contributed by atoms with E-state index in [1.807, 2.05) is 41.3 Å². The van der Waals surface area contributed by atoms with E-state index < -0.39 is 0 Å². The van der Waals surface area contributed by atoms with Crippen molar-refractivity contribution in [2.75, 3.05) is 25.5 Å². The van der Waals surface area contributed by atoms with Gasteiger partial charge in [0.05, 0.1) is 7.11 Å². The van der Waals surface area contributed by atoms with Crippen LogP contribution in [0.2, 0.25) is 0 Å². The van der Waals surface area contributed by atoms with Gasteiger partial charge in [0.1, 0.15) is 11.4 Å². The second-order valence-electron chi connectivity index (χ2n) is 5.98. The minimum absolute atomic E-state index is 0.0304. The van der Waals surface area contributed by atoms with Crippen molar-refractivity contribution in [3.63, 3.8) is 0 Å². The predicted octanol–water partition coefficient (Wildman–Crippen LogP) is 3.33. The Morgan fingerprint density at radius 1 is 1.17 bits per heavy atom. The molecule has 2 heterocycles. The average molecular weight is 325 g/mol. The Morgan fingerprint density at radius 3 is 2.62 bits per heavy atom. The van der Waals surface area contributed by atoms with E-state index in [1.165, 1.54) is 6.42 Å². The van der Waals surface area contributed by atoms with Crippen LogP contribution < -0.4 is 10.1 Å². The molecule has 3 rings (SSSR count). The average Bonchev–Trinajstić information content (AvgIpc) is 2.67. The predicted molar refractivity (Wildman–Crippen MR) is 94.3 cm³/mol. The first-order valence-corrected chi connectivity index (χ1v) is 8.38. The van der Waals surface area contributed by atoms with Crippen molar-refractivity contribution in [1.82, 2.24) is 9.88 Å². The molecule has 126 valence electrons. The van der Waals surface area contributed by atoms with E-state index in [9.17, 15) is 4.79 Å². The number of piperidine rings is 1. The smallest absolute Gasteiger partial charge is 0.272 e. The van der Waals surface area contributed by atoms with Crippen molar-refractivity contribution in [1.29, 1.82) is 0 Å². The van der Waals surface area contributed by atoms with Gasteiger partial charge in [-0.1, -0.05) is 12.1 Å². The lowest BCUT2D eigenvalue weighted by Crippen LogP contribution is -2.36. The highest BCUT2D eigenvalue weighted by Gasteiger charge is 2.19. The highest BCUT2D eigenvalue weighted by molar-refractivity contribution is 5.93. The van der Waals surface area contributed by atoms with Crippen molar-refractivity contribution < 1.29 is 9.53 Å². The summed E-state index contributed by atoms with van der Waals surface area (Å²) in [5.41, 5.74) is 2.56. The van der Waals surface area contributed by atoms with E-state index in [2.05, 4.69) is 10.3 Å². The standard InChI is InChI=1S/C19H23N3O2/c1-24-17-7-5-15(6-8-17)14-21-16-9-10-20-18(13-16)19(23)22-11-3-2-4-12-22/h5-10,13H,2-4,11-12,14H2,1H3,(H,20,21). The van der Waals surface area contributed by atoms with E-state index in [1.54, 1.807) is 13.3 Å². The maximum absolute atomic E-state index is 12.5. The molecule has 5 heteroatoms. The summed E-state index contributed by atoms with van der Waals surface area (Å²) in [5.74, 6) is 0.875. The lowest BCUT2D eigenvalue weighted by Gasteiger charge is -2.26. The Bertz CT molecular complexity index is 679. The number of rotatable bonds is 5. The summed E-state index contributed by atoms with van der Waals surface area (Å²) >= 11 is 0. The number of pyridine rings is 1. The number of anilines is 1. The molecular weight excluding hydrogens is 302 g/mol. The molecule has 0 atom stereocenters. The van der Waals surface area contributed by atoms with Crippen molar-refractivity contribution in [3.8, 4) is 5.75 Å². The fourth-order valence-electron chi connectivity index (χ4n) is 2.86. The number of benzene rings is 1. The zero-order chi connectivity index (χ0) is 16.8. The van der Waals surface area contributed by atoms with Crippen molar-refractivity contribution in [2.24, 2.45) is 0 Å². The quantitative estimate of drug-likeness (QED) is 0.916. The molecule has 1 N–H and O–H groups in total. The fourth-order valence-corrected chi connectivity index (χ4v) is 2.86. The van der Waals surface area contributed by atoms with Gasteiger partial charge in [-0.15, -0.1) is 0 Å². The Kier molecular flexibility index (Phi) is 5.31. The number of nitrogens with zero attached hydrogens (tertiary/aromatic N) is 2. The molecule has 0 aliphatic carbocycles. The summed E-state index contributed by atoms with van der Waals surface area (Å²) in [6.07, 6.45) is 5.07. The van der Waals surface area contributed by atoms with Crippen LogP contribution in [0.25, 0.3) is 0 Å². The van der Waals surface area contributed by atoms with Crippen LogP contribution in [-0.4, -0.2) is 36.0 Å². The number of carbonyl (C=O) groups is 1. The maximum atomic E-state index is 12.5. The second kappa shape index (κ2) is 7.81. The molecule has 24 heavy (non-hydrogen) atoms. The van der Waals surface area contributed by atoms with Crippen molar-refractivity contribution >= 4 is 11.6 Å². The lowest BCUT2D eigenvalue weighted by molar-refractivity contribution is 0.0718. The second-order valence-corrected chi connectivity index (χ2v) is 5.98. The van der Waals surface area contributed by atoms with Crippen molar-refractivity contribution in [2.45, 2.75) is 25.8 Å². The van der Waals surface area contributed by atoms with Gasteiger partial charge in [-0.3, -0.25) is 9.78 Å². The molecule has 1 fully saturated rings. The zero-order valence-electron chi connectivity index (χ0n) is 14.0. The Labute approximate surface area is 142 Å². The van der Waals surface area contributed by atoms with Crippen LogP contribution in [-0.2, 0) is 6.54 Å². The van der Waals surface area contributed by atoms with Gasteiger partial charge in [0, 0.05) is 31.5 Å². The minimum Gasteiger partial charge on any atom is -0.497 e. The van der Waals surface area contributed by atoms with Crippen molar-refractivity contribution in [3.05, 3.63) is 53.9 Å². The van der Waals surface area contributed by atoms with E-state index in [4.69, 9.17) is 4.74 Å². The highest BCUT2D eigenvalue weighted by atomic mass is 16.5. The van der Waals surface area contributed by atoms with Crippen LogP contribution in [0, 0.1) is 0 Å². The number of nitrogens with one attached hydrogen (secondary N) is 1. The summed E-state index contributed by atoms with van der Waals surface area (Å²) in [6.45, 7) is 2.36. The SMILES string of the molecule is COc1ccc(CNc2ccnc(C(=O)N3CCCCC3)c2)cc1. The number of hydrogen-bond acceptors (Lipinski definition) is 4.